The fourth-order valence-electron chi connectivity index (χ4n) is 10.1. The number of aromatic hydroxyl groups is 5. The summed E-state index contributed by atoms with van der Waals surface area (Å²) >= 11 is 0. The number of amides is 9. The van der Waals surface area contributed by atoms with E-state index in [4.69, 9.17) is 9.15 Å². The van der Waals surface area contributed by atoms with E-state index < -0.39 is 23.9 Å². The number of urea groups is 4. The molecule has 102 heavy (non-hydrogen) atoms. The van der Waals surface area contributed by atoms with Gasteiger partial charge in [-0.1, -0.05) is 91.0 Å². The van der Waals surface area contributed by atoms with Gasteiger partial charge in [0.05, 0.1) is 31.3 Å². The van der Waals surface area contributed by atoms with E-state index in [9.17, 15) is 62.7 Å². The second-order valence-corrected chi connectivity index (χ2v) is 24.0. The minimum atomic E-state index is -3.04. The predicted octanol–water partition coefficient (Wildman–Crippen LogP) is 16.1. The lowest BCUT2D eigenvalue weighted by Gasteiger charge is -2.26. The minimum Gasteiger partial charge on any atom is -0.508 e. The smallest absolute Gasteiger partial charge is 0.411 e. The van der Waals surface area contributed by atoms with Crippen molar-refractivity contribution < 1.29 is 76.6 Å². The largest absolute Gasteiger partial charge is 0.508 e. The van der Waals surface area contributed by atoms with Crippen LogP contribution in [-0.2, 0) is 36.3 Å². The van der Waals surface area contributed by atoms with E-state index in [2.05, 4.69) is 42.0 Å². The van der Waals surface area contributed by atoms with E-state index in [0.29, 0.717) is 67.2 Å². The minimum absolute atomic E-state index is 0.0759. The molecule has 0 bridgehead atoms. The van der Waals surface area contributed by atoms with Crippen LogP contribution >= 0.6 is 0 Å². The molecule has 0 spiro atoms. The predicted molar refractivity (Wildman–Crippen MR) is 390 cm³/mol. The summed E-state index contributed by atoms with van der Waals surface area (Å²) in [6, 6.07) is 50.4. The molecule has 22 nitrogen and oxygen atoms in total. The number of methoxy groups -OCH3 is 2. The molecule has 1 aromatic heterocycles. The van der Waals surface area contributed by atoms with Crippen molar-refractivity contribution in [2.24, 2.45) is 0 Å². The molecular weight excluding hydrogens is 1320 g/mol. The van der Waals surface area contributed by atoms with Gasteiger partial charge >= 0.3 is 30.2 Å². The Morgan fingerprint density at radius 3 is 1.60 bits per heavy atom. The molecule has 2 unspecified atom stereocenters. The molecule has 536 valence electrons. The van der Waals surface area contributed by atoms with E-state index in [1.807, 2.05) is 75.4 Å². The maximum absolute atomic E-state index is 13.8. The van der Waals surface area contributed by atoms with Crippen LogP contribution in [-0.4, -0.2) is 119 Å². The molecule has 0 aliphatic rings. The number of furan rings is 1. The van der Waals surface area contributed by atoms with Crippen LogP contribution in [0.4, 0.5) is 65.6 Å². The number of fused-ring (bicyclic) bond motifs is 3. The Kier molecular flexibility index (Phi) is 27.6. The Balaban J connectivity index is 0.000000191. The standard InChI is InChI=1S/C22H20N2O5.C19H22F2N2O2.C18H21FN2O2.C18H21N3O4/c1-28-21-11-15-14-4-2-3-5-19(14)29-20(15)12-16(21)24-22(27)23-9-8-13-6-7-17(25)18(26)10-13;1-13(12-14-8-10-15(24)11-9-14)23(3)18(25)22-17-7-5-4-6-16(17)19(2,20)21;1-12-4-9-17(16(19)10-12)20-18(23)21(3)13(2)11-14-5-7-15(22)8-6-14;1-12-6-7-13(10-16(12)22)8-9-19-17(23)20-14-4-3-5-15(11-14)21-18(24)25-2/h2-7,10-12,25-26H,8-9H2,1H3,(H2,23,24,27);4-11,13,24H,12H2,1-3H3,(H,22,25);4-10,13,22H,11H2,1-3H3,(H,20,23);3-7,10-11,22H,8-9H2,1-2H3,(H,21,24)(H2,19,20,23). The zero-order valence-electron chi connectivity index (χ0n) is 57.8. The molecule has 0 aliphatic carbocycles. The number of carbonyl (C=O) groups is 5. The molecule has 0 saturated carbocycles. The highest BCUT2D eigenvalue weighted by atomic mass is 19.3. The van der Waals surface area contributed by atoms with Crippen molar-refractivity contribution in [3.8, 4) is 34.5 Å². The number of phenolic OH excluding ortho intramolecular Hbond substituents is 5. The maximum Gasteiger partial charge on any atom is 0.411 e. The molecule has 9 amide bonds. The van der Waals surface area contributed by atoms with Crippen LogP contribution in [0.15, 0.2) is 192 Å². The molecule has 0 radical (unpaired) electrons. The van der Waals surface area contributed by atoms with Gasteiger partial charge in [0.1, 0.15) is 40.0 Å². The van der Waals surface area contributed by atoms with Gasteiger partial charge < -0.3 is 81.1 Å². The lowest BCUT2D eigenvalue weighted by molar-refractivity contribution is 0.0182. The summed E-state index contributed by atoms with van der Waals surface area (Å²) < 4.78 is 56.9. The van der Waals surface area contributed by atoms with Crippen molar-refractivity contribution in [3.05, 3.63) is 233 Å². The number of likely N-dealkylation sites (N-methyl/N-ethyl adjacent to an activating group) is 2. The van der Waals surface area contributed by atoms with Gasteiger partial charge in [-0.25, -0.2) is 37.1 Å². The molecule has 0 aliphatic heterocycles. The zero-order chi connectivity index (χ0) is 74.2. The molecular formula is C77H84F3N9O13. The first-order valence-corrected chi connectivity index (χ1v) is 32.3. The van der Waals surface area contributed by atoms with Gasteiger partial charge in [-0.15, -0.1) is 0 Å². The summed E-state index contributed by atoms with van der Waals surface area (Å²) in [5.41, 5.74) is 8.35. The number of nitrogens with zero attached hydrogens (tertiary/aromatic N) is 2. The third-order valence-electron chi connectivity index (χ3n) is 16.1. The lowest BCUT2D eigenvalue weighted by atomic mass is 10.1. The monoisotopic (exact) mass is 1400 g/mol. The number of hydrogen-bond donors (Lipinski definition) is 12. The quantitative estimate of drug-likeness (QED) is 0.0336. The maximum atomic E-state index is 13.8. The number of hydrogen-bond acceptors (Lipinski definition) is 13. The van der Waals surface area contributed by atoms with Crippen molar-refractivity contribution in [1.29, 1.82) is 0 Å². The number of para-hydroxylation sites is 2. The second-order valence-electron chi connectivity index (χ2n) is 24.0. The van der Waals surface area contributed by atoms with Crippen LogP contribution in [0, 0.1) is 19.7 Å². The molecule has 10 aromatic rings. The number of aryl methyl sites for hydroxylation is 2. The Labute approximate surface area is 588 Å². The molecule has 25 heteroatoms. The highest BCUT2D eigenvalue weighted by molar-refractivity contribution is 6.07. The third kappa shape index (κ3) is 23.2. The number of benzene rings is 9. The summed E-state index contributed by atoms with van der Waals surface area (Å²) in [4.78, 5) is 63.1. The fraction of sp³-hybridized carbons (Fsp3) is 0.234. The normalized spacial score (nSPS) is 11.3. The average molecular weight is 1400 g/mol. The molecule has 2 atom stereocenters. The van der Waals surface area contributed by atoms with Crippen LogP contribution in [0.5, 0.6) is 34.5 Å². The topological polar surface area (TPSA) is 309 Å². The summed E-state index contributed by atoms with van der Waals surface area (Å²) in [6.07, 6.45) is 1.74. The van der Waals surface area contributed by atoms with E-state index in [1.165, 1.54) is 53.3 Å². The molecule has 9 aromatic carbocycles. The Morgan fingerprint density at radius 1 is 0.510 bits per heavy atom. The molecule has 1 heterocycles. The van der Waals surface area contributed by atoms with E-state index in [1.54, 1.807) is 125 Å². The van der Waals surface area contributed by atoms with E-state index >= 15 is 0 Å². The van der Waals surface area contributed by atoms with Crippen LogP contribution in [0.2, 0.25) is 0 Å². The van der Waals surface area contributed by atoms with Crippen molar-refractivity contribution in [1.82, 2.24) is 20.4 Å². The number of halogens is 3. The number of anilines is 5. The number of ether oxygens (including phenoxy) is 2. The number of rotatable bonds is 19. The van der Waals surface area contributed by atoms with Crippen molar-refractivity contribution in [3.63, 3.8) is 0 Å². The summed E-state index contributed by atoms with van der Waals surface area (Å²) in [5, 5.41) is 67.7. The number of nitrogens with one attached hydrogen (secondary N) is 7. The molecule has 10 rings (SSSR count). The first-order valence-electron chi connectivity index (χ1n) is 32.3. The zero-order valence-corrected chi connectivity index (χ0v) is 57.8. The van der Waals surface area contributed by atoms with Crippen LogP contribution in [0.25, 0.3) is 21.9 Å². The summed E-state index contributed by atoms with van der Waals surface area (Å²) in [7, 11) is 6.11. The summed E-state index contributed by atoms with van der Waals surface area (Å²) in [5.74, 6) is -2.68. The van der Waals surface area contributed by atoms with Gasteiger partial charge in [0.2, 0.25) is 0 Å². The Hall–Kier alpha value is -12.3. The van der Waals surface area contributed by atoms with Gasteiger partial charge in [-0.05, 0) is 178 Å². The third-order valence-corrected chi connectivity index (χ3v) is 16.1. The SMILES string of the molecule is CC(Cc1ccc(O)cc1)N(C)C(=O)Nc1ccccc1C(C)(F)F.COC(=O)Nc1cccc(NC(=O)NCCc2ccc(C)c(O)c2)c1.COc1cc2c(cc1NC(=O)NCCc1ccc(O)c(O)c1)oc1ccccc12.Cc1ccc(NC(=O)N(C)C(C)Cc2ccc(O)cc2)c(F)c1. The average Bonchev–Trinajstić information content (AvgIpc) is 1.16. The van der Waals surface area contributed by atoms with Gasteiger partial charge in [0.25, 0.3) is 5.92 Å². The fourth-order valence-corrected chi connectivity index (χ4v) is 10.1. The Bertz CT molecular complexity index is 4500. The van der Waals surface area contributed by atoms with Crippen LogP contribution in [0.1, 0.15) is 59.7 Å². The molecule has 0 saturated heterocycles. The van der Waals surface area contributed by atoms with Gasteiger partial charge in [-0.2, -0.15) is 0 Å². The van der Waals surface area contributed by atoms with Crippen molar-refractivity contribution >= 4 is 80.6 Å². The number of carbonyl (C=O) groups excluding carboxylic acids is 5. The number of phenols is 5. The first kappa shape index (κ1) is 77.1. The van der Waals surface area contributed by atoms with Crippen molar-refractivity contribution in [2.45, 2.75) is 78.3 Å². The van der Waals surface area contributed by atoms with Gasteiger partial charge in [-0.3, -0.25) is 5.32 Å². The van der Waals surface area contributed by atoms with Gasteiger partial charge in [0.15, 0.2) is 11.5 Å². The van der Waals surface area contributed by atoms with Crippen LogP contribution < -0.4 is 42.0 Å². The van der Waals surface area contributed by atoms with Crippen molar-refractivity contribution in [2.75, 3.05) is 68.0 Å². The van der Waals surface area contributed by atoms with E-state index in [0.717, 1.165) is 56.7 Å². The van der Waals surface area contributed by atoms with Crippen LogP contribution in [0.3, 0.4) is 0 Å². The summed E-state index contributed by atoms with van der Waals surface area (Å²) in [6.45, 7) is 8.98. The highest BCUT2D eigenvalue weighted by Crippen LogP contribution is 2.37. The second kappa shape index (κ2) is 36.5. The van der Waals surface area contributed by atoms with E-state index in [-0.39, 0.29) is 75.9 Å². The number of alkyl halides is 2. The molecule has 12 N–H and O–H groups in total. The molecule has 0 fully saturated rings. The lowest BCUT2D eigenvalue weighted by Crippen LogP contribution is -2.39. The first-order chi connectivity index (χ1) is 48.6. The highest BCUT2D eigenvalue weighted by Gasteiger charge is 2.29. The Morgan fingerprint density at radius 2 is 1.04 bits per heavy atom. The van der Waals surface area contributed by atoms with Gasteiger partial charge in [0, 0.05) is 80.0 Å².